The van der Waals surface area contributed by atoms with Gasteiger partial charge in [0.05, 0.1) is 23.5 Å². The Morgan fingerprint density at radius 2 is 2.00 bits per heavy atom. The molecule has 1 atom stereocenters. The standard InChI is InChI=1S/C24H21ClN6O/c1-31-14-16(13-27-31)23-28-21(15-7-9-17(25)10-8-15)12-22(29-23)24(32)30-20-6-2-5-19-18(20)4-3-11-26-19/h3-4,7-14,20H,2,5-6H2,1H3,(H,30,32)/t20-/m0/s1. The van der Waals surface area contributed by atoms with Crippen molar-refractivity contribution >= 4 is 17.5 Å². The van der Waals surface area contributed by atoms with E-state index in [1.165, 1.54) is 0 Å². The van der Waals surface area contributed by atoms with Gasteiger partial charge in [0.15, 0.2) is 5.82 Å². The predicted molar refractivity (Wildman–Crippen MR) is 122 cm³/mol. The third-order valence-electron chi connectivity index (χ3n) is 5.57. The van der Waals surface area contributed by atoms with Gasteiger partial charge in [-0.05, 0) is 49.1 Å². The number of aryl methyl sites for hydroxylation is 2. The topological polar surface area (TPSA) is 85.6 Å². The number of hydrogen-bond acceptors (Lipinski definition) is 5. The number of fused-ring (bicyclic) bond motifs is 1. The van der Waals surface area contributed by atoms with Gasteiger partial charge in [-0.2, -0.15) is 5.10 Å². The predicted octanol–water partition coefficient (Wildman–Crippen LogP) is 4.40. The minimum Gasteiger partial charge on any atom is -0.344 e. The quantitative estimate of drug-likeness (QED) is 0.504. The van der Waals surface area contributed by atoms with E-state index >= 15 is 0 Å². The number of amides is 1. The zero-order valence-corrected chi connectivity index (χ0v) is 18.3. The highest BCUT2D eigenvalue weighted by atomic mass is 35.5. The number of nitrogens with zero attached hydrogens (tertiary/aromatic N) is 5. The highest BCUT2D eigenvalue weighted by molar-refractivity contribution is 6.30. The lowest BCUT2D eigenvalue weighted by Crippen LogP contribution is -2.32. The number of pyridine rings is 1. The maximum atomic E-state index is 13.3. The van der Waals surface area contributed by atoms with Crippen molar-refractivity contribution < 1.29 is 4.79 Å². The molecular weight excluding hydrogens is 424 g/mol. The van der Waals surface area contributed by atoms with Crippen molar-refractivity contribution in [2.45, 2.75) is 25.3 Å². The molecule has 3 heterocycles. The Labute approximate surface area is 190 Å². The molecule has 0 unspecified atom stereocenters. The molecule has 1 N–H and O–H groups in total. The molecule has 0 bridgehead atoms. The Balaban J connectivity index is 1.52. The lowest BCUT2D eigenvalue weighted by atomic mass is 9.91. The molecule has 0 fully saturated rings. The second-order valence-corrected chi connectivity index (χ2v) is 8.27. The van der Waals surface area contributed by atoms with E-state index in [1.807, 2.05) is 37.5 Å². The molecule has 0 saturated carbocycles. The highest BCUT2D eigenvalue weighted by Gasteiger charge is 2.24. The normalized spacial score (nSPS) is 15.2. The molecule has 0 radical (unpaired) electrons. The number of halogens is 1. The monoisotopic (exact) mass is 444 g/mol. The van der Waals surface area contributed by atoms with Crippen molar-refractivity contribution in [3.05, 3.63) is 83.0 Å². The molecule has 1 aliphatic carbocycles. The Morgan fingerprint density at radius 3 is 2.78 bits per heavy atom. The summed E-state index contributed by atoms with van der Waals surface area (Å²) in [4.78, 5) is 27.0. The van der Waals surface area contributed by atoms with E-state index in [9.17, 15) is 4.79 Å². The van der Waals surface area contributed by atoms with Crippen molar-refractivity contribution in [1.29, 1.82) is 0 Å². The molecule has 1 aromatic carbocycles. The van der Waals surface area contributed by atoms with Gasteiger partial charge in [0.25, 0.3) is 5.91 Å². The van der Waals surface area contributed by atoms with Crippen molar-refractivity contribution in [3.8, 4) is 22.6 Å². The van der Waals surface area contributed by atoms with Crippen LogP contribution < -0.4 is 5.32 Å². The van der Waals surface area contributed by atoms with Crippen LogP contribution >= 0.6 is 11.6 Å². The fourth-order valence-electron chi connectivity index (χ4n) is 3.99. The average molecular weight is 445 g/mol. The minimum absolute atomic E-state index is 0.0873. The molecule has 32 heavy (non-hydrogen) atoms. The molecule has 0 saturated heterocycles. The number of aromatic nitrogens is 5. The second kappa shape index (κ2) is 8.51. The van der Waals surface area contributed by atoms with E-state index in [0.717, 1.165) is 41.6 Å². The first-order chi connectivity index (χ1) is 15.6. The molecule has 0 aliphatic heterocycles. The smallest absolute Gasteiger partial charge is 0.270 e. The molecule has 3 aromatic heterocycles. The van der Waals surface area contributed by atoms with Crippen molar-refractivity contribution in [2.75, 3.05) is 0 Å². The van der Waals surface area contributed by atoms with Gasteiger partial charge < -0.3 is 5.32 Å². The summed E-state index contributed by atoms with van der Waals surface area (Å²) in [5.41, 5.74) is 4.66. The van der Waals surface area contributed by atoms with Crippen LogP contribution in [0.1, 0.15) is 40.6 Å². The van der Waals surface area contributed by atoms with Gasteiger partial charge in [0, 0.05) is 35.7 Å². The zero-order chi connectivity index (χ0) is 22.1. The van der Waals surface area contributed by atoms with E-state index in [1.54, 1.807) is 35.3 Å². The largest absolute Gasteiger partial charge is 0.344 e. The summed E-state index contributed by atoms with van der Waals surface area (Å²) in [5, 5.41) is 8.00. The van der Waals surface area contributed by atoms with Gasteiger partial charge >= 0.3 is 0 Å². The zero-order valence-electron chi connectivity index (χ0n) is 17.5. The van der Waals surface area contributed by atoms with Crippen LogP contribution in [0.4, 0.5) is 0 Å². The Bertz CT molecular complexity index is 1280. The molecule has 7 nitrogen and oxygen atoms in total. The molecule has 8 heteroatoms. The molecule has 5 rings (SSSR count). The molecule has 1 aliphatic rings. The summed E-state index contributed by atoms with van der Waals surface area (Å²) in [7, 11) is 1.83. The van der Waals surface area contributed by atoms with E-state index in [0.29, 0.717) is 22.2 Å². The van der Waals surface area contributed by atoms with Crippen LogP contribution in [0.25, 0.3) is 22.6 Å². The van der Waals surface area contributed by atoms with Gasteiger partial charge in [-0.3, -0.25) is 14.5 Å². The van der Waals surface area contributed by atoms with Crippen LogP contribution in [0.15, 0.2) is 61.1 Å². The maximum Gasteiger partial charge on any atom is 0.270 e. The Kier molecular flexibility index (Phi) is 5.41. The van der Waals surface area contributed by atoms with Gasteiger partial charge in [0.1, 0.15) is 5.69 Å². The molecule has 0 spiro atoms. The summed E-state index contributed by atoms with van der Waals surface area (Å²) in [5.74, 6) is 0.205. The van der Waals surface area contributed by atoms with Gasteiger partial charge in [-0.1, -0.05) is 29.8 Å². The van der Waals surface area contributed by atoms with Gasteiger partial charge in [0.2, 0.25) is 0 Å². The van der Waals surface area contributed by atoms with Crippen molar-refractivity contribution in [2.24, 2.45) is 7.05 Å². The molecular formula is C24H21ClN6O. The first-order valence-electron chi connectivity index (χ1n) is 10.5. The van der Waals surface area contributed by atoms with Crippen LogP contribution in [-0.4, -0.2) is 30.6 Å². The molecule has 1 amide bonds. The number of carbonyl (C=O) groups is 1. The van der Waals surface area contributed by atoms with Crippen LogP contribution in [0.2, 0.25) is 5.02 Å². The Hall–Kier alpha value is -3.58. The van der Waals surface area contributed by atoms with E-state index in [-0.39, 0.29) is 11.9 Å². The van der Waals surface area contributed by atoms with Crippen LogP contribution in [0.5, 0.6) is 0 Å². The fourth-order valence-corrected chi connectivity index (χ4v) is 4.11. The first kappa shape index (κ1) is 20.3. The lowest BCUT2D eigenvalue weighted by molar-refractivity contribution is 0.0927. The third-order valence-corrected chi connectivity index (χ3v) is 5.83. The molecule has 4 aromatic rings. The minimum atomic E-state index is -0.241. The van der Waals surface area contributed by atoms with Crippen molar-refractivity contribution in [1.82, 2.24) is 30.0 Å². The maximum absolute atomic E-state index is 13.3. The van der Waals surface area contributed by atoms with Crippen LogP contribution in [-0.2, 0) is 13.5 Å². The molecule has 160 valence electrons. The average Bonchev–Trinajstić information content (AvgIpc) is 3.26. The second-order valence-electron chi connectivity index (χ2n) is 7.83. The summed E-state index contributed by atoms with van der Waals surface area (Å²) in [6.45, 7) is 0. The summed E-state index contributed by atoms with van der Waals surface area (Å²) in [6.07, 6.45) is 8.09. The highest BCUT2D eigenvalue weighted by Crippen LogP contribution is 2.29. The Morgan fingerprint density at radius 1 is 1.16 bits per heavy atom. The number of benzene rings is 1. The number of nitrogens with one attached hydrogen (secondary N) is 1. The van der Waals surface area contributed by atoms with Gasteiger partial charge in [-0.15, -0.1) is 0 Å². The fraction of sp³-hybridized carbons (Fsp3) is 0.208. The number of hydrogen-bond donors (Lipinski definition) is 1. The lowest BCUT2D eigenvalue weighted by Gasteiger charge is -2.25. The number of rotatable bonds is 4. The summed E-state index contributed by atoms with van der Waals surface area (Å²) >= 11 is 6.05. The number of carbonyl (C=O) groups excluding carboxylic acids is 1. The summed E-state index contributed by atoms with van der Waals surface area (Å²) < 4.78 is 1.68. The van der Waals surface area contributed by atoms with Crippen molar-refractivity contribution in [3.63, 3.8) is 0 Å². The SMILES string of the molecule is Cn1cc(-c2nc(C(=O)N[C@H]3CCCc4ncccc43)cc(-c3ccc(Cl)cc3)n2)cn1. The van der Waals surface area contributed by atoms with E-state index in [4.69, 9.17) is 11.6 Å². The first-order valence-corrected chi connectivity index (χ1v) is 10.8. The third kappa shape index (κ3) is 4.11. The van der Waals surface area contributed by atoms with E-state index < -0.39 is 0 Å². The van der Waals surface area contributed by atoms with Gasteiger partial charge in [-0.25, -0.2) is 9.97 Å². The van der Waals surface area contributed by atoms with E-state index in [2.05, 4.69) is 25.4 Å². The summed E-state index contributed by atoms with van der Waals surface area (Å²) in [6, 6.07) is 12.9. The van der Waals surface area contributed by atoms with Crippen LogP contribution in [0, 0.1) is 0 Å². The van der Waals surface area contributed by atoms with Crippen LogP contribution in [0.3, 0.4) is 0 Å².